The Kier molecular flexibility index (Phi) is 7.69. The SMILES string of the molecule is c1ccc(-c2nc(-c3ccc(-c4ccc5sc6ccccc6c5c4)cc3)nc(-c3ccccc3-c3cccc4c3-c3ccccc3C43c4ccccc4-c4ccccc43)n2)cc1. The van der Waals surface area contributed by atoms with Gasteiger partial charge in [0.1, 0.15) is 0 Å². The number of nitrogens with zero attached hydrogens (tertiary/aromatic N) is 3. The number of rotatable bonds is 5. The highest BCUT2D eigenvalue weighted by Crippen LogP contribution is 2.64. The summed E-state index contributed by atoms with van der Waals surface area (Å²) in [5.41, 5.74) is 17.4. The van der Waals surface area contributed by atoms with Crippen LogP contribution < -0.4 is 0 Å². The van der Waals surface area contributed by atoms with Crippen molar-refractivity contribution in [1.29, 1.82) is 0 Å². The molecular formula is C58H35N3S. The molecule has 0 aliphatic heterocycles. The van der Waals surface area contributed by atoms with E-state index in [9.17, 15) is 0 Å². The van der Waals surface area contributed by atoms with Crippen LogP contribution in [0.15, 0.2) is 212 Å². The molecule has 4 heteroatoms. The maximum absolute atomic E-state index is 5.30. The number of benzene rings is 9. The van der Waals surface area contributed by atoms with Crippen molar-refractivity contribution >= 4 is 31.5 Å². The molecule has 2 aliphatic rings. The molecule has 0 amide bonds. The van der Waals surface area contributed by atoms with Gasteiger partial charge in [0.25, 0.3) is 0 Å². The van der Waals surface area contributed by atoms with Crippen molar-refractivity contribution in [1.82, 2.24) is 15.0 Å². The molecule has 0 atom stereocenters. The van der Waals surface area contributed by atoms with Crippen LogP contribution in [-0.2, 0) is 5.41 Å². The largest absolute Gasteiger partial charge is 0.208 e. The first-order valence-electron chi connectivity index (χ1n) is 21.1. The zero-order chi connectivity index (χ0) is 40.8. The molecular weight excluding hydrogens is 771 g/mol. The maximum Gasteiger partial charge on any atom is 0.164 e. The summed E-state index contributed by atoms with van der Waals surface area (Å²) in [6.07, 6.45) is 0. The van der Waals surface area contributed by atoms with E-state index in [2.05, 4.69) is 194 Å². The first-order valence-corrected chi connectivity index (χ1v) is 21.9. The van der Waals surface area contributed by atoms with Crippen LogP contribution in [0.3, 0.4) is 0 Å². The van der Waals surface area contributed by atoms with Gasteiger partial charge in [-0.25, -0.2) is 15.0 Å². The molecule has 9 aromatic carbocycles. The van der Waals surface area contributed by atoms with Crippen LogP contribution in [0.25, 0.3) is 98.8 Å². The van der Waals surface area contributed by atoms with E-state index in [0.717, 1.165) is 33.4 Å². The molecule has 2 aromatic heterocycles. The Hall–Kier alpha value is -7.79. The van der Waals surface area contributed by atoms with Crippen LogP contribution in [-0.4, -0.2) is 15.0 Å². The van der Waals surface area contributed by atoms with E-state index >= 15 is 0 Å². The van der Waals surface area contributed by atoms with Crippen molar-refractivity contribution < 1.29 is 0 Å². The van der Waals surface area contributed by atoms with E-state index < -0.39 is 5.41 Å². The Morgan fingerprint density at radius 1 is 0.290 bits per heavy atom. The summed E-state index contributed by atoms with van der Waals surface area (Å²) in [5.74, 6) is 1.91. The van der Waals surface area contributed by atoms with Crippen LogP contribution in [0.4, 0.5) is 0 Å². The molecule has 0 fully saturated rings. The summed E-state index contributed by atoms with van der Waals surface area (Å²) in [5, 5.41) is 2.59. The zero-order valence-corrected chi connectivity index (χ0v) is 34.3. The fourth-order valence-electron chi connectivity index (χ4n) is 10.3. The molecule has 2 aliphatic carbocycles. The third kappa shape index (κ3) is 5.08. The van der Waals surface area contributed by atoms with Crippen molar-refractivity contribution in [2.24, 2.45) is 0 Å². The average Bonchev–Trinajstić information content (AvgIpc) is 3.98. The standard InChI is InChI=1S/C58H35N3S/c1-2-15-37(16-3-1)55-59-56(38-31-29-36(30-32-38)39-33-34-53-47(35-39)43-20-9-13-28-52(43)62-53)61-57(60-55)45-21-5-4-17-40(45)44-23-14-27-51-54(44)46-22-8-12-26-50(46)58(51)48-24-10-6-18-41(48)42-19-7-11-25-49(42)58/h1-35H. The number of thiophene rings is 1. The quantitative estimate of drug-likeness (QED) is 0.174. The van der Waals surface area contributed by atoms with Crippen LogP contribution in [0.2, 0.25) is 0 Å². The summed E-state index contributed by atoms with van der Waals surface area (Å²) in [6, 6.07) is 76.7. The second kappa shape index (κ2) is 13.6. The average molecular weight is 806 g/mol. The first-order chi connectivity index (χ1) is 30.7. The van der Waals surface area contributed by atoms with Gasteiger partial charge in [-0.2, -0.15) is 0 Å². The first kappa shape index (κ1) is 35.0. The lowest BCUT2D eigenvalue weighted by Gasteiger charge is -2.30. The van der Waals surface area contributed by atoms with Crippen LogP contribution in [0.1, 0.15) is 22.3 Å². The molecule has 0 saturated heterocycles. The molecule has 2 heterocycles. The van der Waals surface area contributed by atoms with Gasteiger partial charge in [-0.3, -0.25) is 0 Å². The third-order valence-corrected chi connectivity index (χ3v) is 14.2. The molecule has 0 saturated carbocycles. The van der Waals surface area contributed by atoms with Gasteiger partial charge in [0, 0.05) is 36.9 Å². The van der Waals surface area contributed by atoms with Gasteiger partial charge in [0.15, 0.2) is 17.5 Å². The van der Waals surface area contributed by atoms with E-state index in [-0.39, 0.29) is 0 Å². The normalized spacial score (nSPS) is 13.0. The lowest BCUT2D eigenvalue weighted by Crippen LogP contribution is -2.25. The number of aromatic nitrogens is 3. The monoisotopic (exact) mass is 805 g/mol. The molecule has 0 N–H and O–H groups in total. The Bertz CT molecular complexity index is 3540. The van der Waals surface area contributed by atoms with Gasteiger partial charge in [-0.15, -0.1) is 11.3 Å². The van der Waals surface area contributed by atoms with Gasteiger partial charge >= 0.3 is 0 Å². The fraction of sp³-hybridized carbons (Fsp3) is 0.0172. The summed E-state index contributed by atoms with van der Waals surface area (Å²) in [6.45, 7) is 0. The lowest BCUT2D eigenvalue weighted by molar-refractivity contribution is 0.794. The molecule has 3 nitrogen and oxygen atoms in total. The predicted molar refractivity (Wildman–Crippen MR) is 256 cm³/mol. The van der Waals surface area contributed by atoms with E-state index in [1.807, 2.05) is 29.5 Å². The van der Waals surface area contributed by atoms with Crippen LogP contribution in [0.5, 0.6) is 0 Å². The molecule has 288 valence electrons. The van der Waals surface area contributed by atoms with E-state index in [1.54, 1.807) is 0 Å². The Morgan fingerprint density at radius 2 is 0.774 bits per heavy atom. The van der Waals surface area contributed by atoms with Gasteiger partial charge in [-0.1, -0.05) is 194 Å². The smallest absolute Gasteiger partial charge is 0.164 e. The minimum absolute atomic E-state index is 0.430. The topological polar surface area (TPSA) is 38.7 Å². The van der Waals surface area contributed by atoms with Gasteiger partial charge < -0.3 is 0 Å². The molecule has 1 spiro atoms. The highest BCUT2D eigenvalue weighted by molar-refractivity contribution is 7.25. The number of fused-ring (bicyclic) bond motifs is 13. The third-order valence-electron chi connectivity index (χ3n) is 13.0. The Morgan fingerprint density at radius 3 is 1.50 bits per heavy atom. The fourth-order valence-corrected chi connectivity index (χ4v) is 11.4. The van der Waals surface area contributed by atoms with Crippen molar-refractivity contribution in [3.63, 3.8) is 0 Å². The summed E-state index contributed by atoms with van der Waals surface area (Å²) < 4.78 is 2.61. The highest BCUT2D eigenvalue weighted by atomic mass is 32.1. The predicted octanol–water partition coefficient (Wildman–Crippen LogP) is 14.9. The van der Waals surface area contributed by atoms with Gasteiger partial charge in [0.05, 0.1) is 5.41 Å². The van der Waals surface area contributed by atoms with Crippen molar-refractivity contribution in [3.8, 4) is 78.7 Å². The molecule has 0 unspecified atom stereocenters. The second-order valence-corrected chi connectivity index (χ2v) is 17.3. The van der Waals surface area contributed by atoms with Crippen molar-refractivity contribution in [2.75, 3.05) is 0 Å². The zero-order valence-electron chi connectivity index (χ0n) is 33.5. The maximum atomic E-state index is 5.30. The Balaban J connectivity index is 0.973. The molecule has 11 aromatic rings. The van der Waals surface area contributed by atoms with Crippen molar-refractivity contribution in [3.05, 3.63) is 235 Å². The molecule has 62 heavy (non-hydrogen) atoms. The number of hydrogen-bond acceptors (Lipinski definition) is 4. The minimum atomic E-state index is -0.430. The minimum Gasteiger partial charge on any atom is -0.208 e. The second-order valence-electron chi connectivity index (χ2n) is 16.2. The van der Waals surface area contributed by atoms with Gasteiger partial charge in [0.2, 0.25) is 0 Å². The Labute approximate surface area is 363 Å². The summed E-state index contributed by atoms with van der Waals surface area (Å²) in [7, 11) is 0. The number of hydrogen-bond donors (Lipinski definition) is 0. The summed E-state index contributed by atoms with van der Waals surface area (Å²) in [4.78, 5) is 15.7. The van der Waals surface area contributed by atoms with E-state index in [4.69, 9.17) is 15.0 Å². The van der Waals surface area contributed by atoms with E-state index in [1.165, 1.54) is 70.2 Å². The highest BCUT2D eigenvalue weighted by Gasteiger charge is 2.52. The molecule has 0 bridgehead atoms. The van der Waals surface area contributed by atoms with Crippen molar-refractivity contribution in [2.45, 2.75) is 5.41 Å². The van der Waals surface area contributed by atoms with Crippen LogP contribution in [0, 0.1) is 0 Å². The van der Waals surface area contributed by atoms with Gasteiger partial charge in [-0.05, 0) is 85.0 Å². The summed E-state index contributed by atoms with van der Waals surface area (Å²) >= 11 is 1.84. The van der Waals surface area contributed by atoms with E-state index in [0.29, 0.717) is 17.5 Å². The molecule has 0 radical (unpaired) electrons. The van der Waals surface area contributed by atoms with Crippen LogP contribution >= 0.6 is 11.3 Å². The molecule has 13 rings (SSSR count). The lowest BCUT2D eigenvalue weighted by atomic mass is 9.70.